The SMILES string of the molecule is CCCCN(Cc1cc(CC)cc(CNC2CC2)c1)C(=O)OC(C)(C)C. The first-order chi connectivity index (χ1) is 12.3. The lowest BCUT2D eigenvalue weighted by Crippen LogP contribution is -2.37. The second kappa shape index (κ2) is 9.40. The van der Waals surface area contributed by atoms with Gasteiger partial charge >= 0.3 is 6.09 Å². The van der Waals surface area contributed by atoms with Crippen molar-refractivity contribution in [2.75, 3.05) is 6.54 Å². The maximum absolute atomic E-state index is 12.6. The Morgan fingerprint density at radius 1 is 1.15 bits per heavy atom. The fourth-order valence-corrected chi connectivity index (χ4v) is 2.92. The summed E-state index contributed by atoms with van der Waals surface area (Å²) in [5, 5.41) is 3.59. The van der Waals surface area contributed by atoms with Crippen LogP contribution in [0.2, 0.25) is 0 Å². The summed E-state index contributed by atoms with van der Waals surface area (Å²) in [5.74, 6) is 0. The highest BCUT2D eigenvalue weighted by molar-refractivity contribution is 5.68. The lowest BCUT2D eigenvalue weighted by atomic mass is 10.0. The molecule has 0 unspecified atom stereocenters. The van der Waals surface area contributed by atoms with Crippen molar-refractivity contribution in [2.24, 2.45) is 0 Å². The predicted molar refractivity (Wildman–Crippen MR) is 107 cm³/mol. The van der Waals surface area contributed by atoms with Crippen LogP contribution < -0.4 is 5.32 Å². The highest BCUT2D eigenvalue weighted by Gasteiger charge is 2.23. The molecule has 1 aliphatic rings. The van der Waals surface area contributed by atoms with Gasteiger partial charge in [0, 0.05) is 25.7 Å². The number of nitrogens with one attached hydrogen (secondary N) is 1. The van der Waals surface area contributed by atoms with Crippen molar-refractivity contribution in [2.45, 2.75) is 91.5 Å². The molecule has 0 heterocycles. The maximum Gasteiger partial charge on any atom is 0.410 e. The fourth-order valence-electron chi connectivity index (χ4n) is 2.92. The molecule has 1 fully saturated rings. The third kappa shape index (κ3) is 7.36. The van der Waals surface area contributed by atoms with Crippen LogP contribution in [0.3, 0.4) is 0 Å². The molecule has 1 aromatic rings. The van der Waals surface area contributed by atoms with Gasteiger partial charge in [-0.2, -0.15) is 0 Å². The summed E-state index contributed by atoms with van der Waals surface area (Å²) < 4.78 is 5.62. The molecule has 0 aliphatic heterocycles. The van der Waals surface area contributed by atoms with E-state index in [0.29, 0.717) is 12.6 Å². The van der Waals surface area contributed by atoms with Crippen LogP contribution in [-0.4, -0.2) is 29.2 Å². The van der Waals surface area contributed by atoms with E-state index in [4.69, 9.17) is 4.74 Å². The third-order valence-corrected chi connectivity index (χ3v) is 4.50. The summed E-state index contributed by atoms with van der Waals surface area (Å²) >= 11 is 0. The molecule has 0 atom stereocenters. The van der Waals surface area contributed by atoms with Gasteiger partial charge in [-0.1, -0.05) is 38.5 Å². The minimum Gasteiger partial charge on any atom is -0.444 e. The highest BCUT2D eigenvalue weighted by atomic mass is 16.6. The van der Waals surface area contributed by atoms with Crippen LogP contribution in [0.1, 0.15) is 77.0 Å². The molecule has 1 aliphatic carbocycles. The van der Waals surface area contributed by atoms with Gasteiger partial charge in [0.05, 0.1) is 0 Å². The molecule has 2 rings (SSSR count). The molecule has 0 bridgehead atoms. The van der Waals surface area contributed by atoms with Crippen molar-refractivity contribution in [3.05, 3.63) is 34.9 Å². The van der Waals surface area contributed by atoms with Crippen LogP contribution >= 0.6 is 0 Å². The van der Waals surface area contributed by atoms with Gasteiger partial charge in [0.2, 0.25) is 0 Å². The summed E-state index contributed by atoms with van der Waals surface area (Å²) in [7, 11) is 0. The zero-order valence-corrected chi connectivity index (χ0v) is 17.2. The van der Waals surface area contributed by atoms with Crippen molar-refractivity contribution < 1.29 is 9.53 Å². The number of hydrogen-bond donors (Lipinski definition) is 1. The molecule has 0 radical (unpaired) electrons. The molecular formula is C22H36N2O2. The summed E-state index contributed by atoms with van der Waals surface area (Å²) in [6.45, 7) is 12.3. The molecule has 4 nitrogen and oxygen atoms in total. The molecule has 146 valence electrons. The number of nitrogens with zero attached hydrogens (tertiary/aromatic N) is 1. The third-order valence-electron chi connectivity index (χ3n) is 4.50. The van der Waals surface area contributed by atoms with E-state index in [0.717, 1.165) is 32.4 Å². The number of aryl methyl sites for hydroxylation is 1. The molecule has 0 aromatic heterocycles. The van der Waals surface area contributed by atoms with Gasteiger partial charge in [0.15, 0.2) is 0 Å². The monoisotopic (exact) mass is 360 g/mol. The Balaban J connectivity index is 2.10. The van der Waals surface area contributed by atoms with E-state index in [1.165, 1.54) is 29.5 Å². The van der Waals surface area contributed by atoms with Crippen LogP contribution in [0.25, 0.3) is 0 Å². The fraction of sp³-hybridized carbons (Fsp3) is 0.682. The number of hydrogen-bond acceptors (Lipinski definition) is 3. The van der Waals surface area contributed by atoms with Gasteiger partial charge in [0.1, 0.15) is 5.60 Å². The average Bonchev–Trinajstić information content (AvgIpc) is 3.39. The topological polar surface area (TPSA) is 41.6 Å². The Hall–Kier alpha value is -1.55. The number of ether oxygens (including phenoxy) is 1. The zero-order valence-electron chi connectivity index (χ0n) is 17.2. The number of unbranched alkanes of at least 4 members (excludes halogenated alkanes) is 1. The highest BCUT2D eigenvalue weighted by Crippen LogP contribution is 2.21. The standard InChI is InChI=1S/C22H36N2O2/c1-6-8-11-24(21(25)26-22(3,4)5)16-19-13-17(7-2)12-18(14-19)15-23-20-9-10-20/h12-14,20,23H,6-11,15-16H2,1-5H3. The summed E-state index contributed by atoms with van der Waals surface area (Å²) in [5.41, 5.74) is 3.37. The van der Waals surface area contributed by atoms with E-state index in [1.807, 2.05) is 25.7 Å². The van der Waals surface area contributed by atoms with Crippen LogP contribution in [0.5, 0.6) is 0 Å². The maximum atomic E-state index is 12.6. The first-order valence-electron chi connectivity index (χ1n) is 10.1. The number of carbonyl (C=O) groups excluding carboxylic acids is 1. The van der Waals surface area contributed by atoms with E-state index >= 15 is 0 Å². The molecule has 1 aromatic carbocycles. The van der Waals surface area contributed by atoms with Crippen molar-refractivity contribution in [1.29, 1.82) is 0 Å². The molecule has 1 saturated carbocycles. The van der Waals surface area contributed by atoms with Crippen molar-refractivity contribution >= 4 is 6.09 Å². The van der Waals surface area contributed by atoms with Crippen molar-refractivity contribution in [1.82, 2.24) is 10.2 Å². The van der Waals surface area contributed by atoms with E-state index in [9.17, 15) is 4.79 Å². The Labute approximate surface area is 159 Å². The second-order valence-corrected chi connectivity index (χ2v) is 8.42. The first-order valence-corrected chi connectivity index (χ1v) is 10.1. The van der Waals surface area contributed by atoms with Gasteiger partial charge in [0.25, 0.3) is 0 Å². The van der Waals surface area contributed by atoms with E-state index < -0.39 is 5.60 Å². The normalized spacial score (nSPS) is 14.3. The molecule has 26 heavy (non-hydrogen) atoms. The Morgan fingerprint density at radius 2 is 1.81 bits per heavy atom. The summed E-state index contributed by atoms with van der Waals surface area (Å²) in [4.78, 5) is 14.5. The number of benzene rings is 1. The van der Waals surface area contributed by atoms with Crippen LogP contribution in [0.4, 0.5) is 4.79 Å². The number of amides is 1. The van der Waals surface area contributed by atoms with Gasteiger partial charge < -0.3 is 15.0 Å². The smallest absolute Gasteiger partial charge is 0.410 e. The van der Waals surface area contributed by atoms with Crippen molar-refractivity contribution in [3.63, 3.8) is 0 Å². The van der Waals surface area contributed by atoms with E-state index in [2.05, 4.69) is 37.4 Å². The molecule has 0 saturated heterocycles. The molecule has 4 heteroatoms. The van der Waals surface area contributed by atoms with E-state index in [1.54, 1.807) is 0 Å². The molecule has 0 spiro atoms. The minimum atomic E-state index is -0.466. The number of rotatable bonds is 9. The lowest BCUT2D eigenvalue weighted by Gasteiger charge is -2.27. The van der Waals surface area contributed by atoms with Crippen LogP contribution in [-0.2, 0) is 24.2 Å². The van der Waals surface area contributed by atoms with Crippen LogP contribution in [0, 0.1) is 0 Å². The Morgan fingerprint density at radius 3 is 2.38 bits per heavy atom. The second-order valence-electron chi connectivity index (χ2n) is 8.42. The molecular weight excluding hydrogens is 324 g/mol. The van der Waals surface area contributed by atoms with Gasteiger partial charge in [-0.25, -0.2) is 4.79 Å². The first kappa shape index (κ1) is 20.8. The predicted octanol–water partition coefficient (Wildman–Crippen LogP) is 5.04. The van der Waals surface area contributed by atoms with Gasteiger partial charge in [-0.3, -0.25) is 0 Å². The van der Waals surface area contributed by atoms with Gasteiger partial charge in [-0.05, 0) is 63.1 Å². The van der Waals surface area contributed by atoms with E-state index in [-0.39, 0.29) is 6.09 Å². The summed E-state index contributed by atoms with van der Waals surface area (Å²) in [6, 6.07) is 7.44. The minimum absolute atomic E-state index is 0.217. The average molecular weight is 361 g/mol. The quantitative estimate of drug-likeness (QED) is 0.671. The van der Waals surface area contributed by atoms with Gasteiger partial charge in [-0.15, -0.1) is 0 Å². The summed E-state index contributed by atoms with van der Waals surface area (Å²) in [6.07, 6.45) is 5.43. The molecule has 1 amide bonds. The lowest BCUT2D eigenvalue weighted by molar-refractivity contribution is 0.0231. The zero-order chi connectivity index (χ0) is 19.2. The molecule has 1 N–H and O–H groups in total. The Bertz CT molecular complexity index is 588. The largest absolute Gasteiger partial charge is 0.444 e. The Kier molecular flexibility index (Phi) is 7.51. The number of carbonyl (C=O) groups is 1. The van der Waals surface area contributed by atoms with Crippen molar-refractivity contribution in [3.8, 4) is 0 Å². The van der Waals surface area contributed by atoms with Crippen LogP contribution in [0.15, 0.2) is 18.2 Å².